The molecule has 0 aliphatic heterocycles. The van der Waals surface area contributed by atoms with Crippen LogP contribution in [0.5, 0.6) is 0 Å². The number of rotatable bonds is 5. The molecule has 1 heterocycles. The molecule has 1 aromatic heterocycles. The van der Waals surface area contributed by atoms with Crippen LogP contribution >= 0.6 is 0 Å². The Kier molecular flexibility index (Phi) is 3.85. The molecule has 0 fully saturated rings. The van der Waals surface area contributed by atoms with Crippen LogP contribution in [0.25, 0.3) is 10.9 Å². The van der Waals surface area contributed by atoms with E-state index in [0.717, 1.165) is 5.39 Å². The number of nitro groups is 1. The zero-order chi connectivity index (χ0) is 14.8. The van der Waals surface area contributed by atoms with E-state index in [1.807, 2.05) is 13.8 Å². The number of anilines is 1. The average Bonchev–Trinajstić information content (AvgIpc) is 2.37. The van der Waals surface area contributed by atoms with Gasteiger partial charge in [-0.15, -0.1) is 0 Å². The number of nitrogens with one attached hydrogen (secondary N) is 1. The topological polar surface area (TPSA) is 88.3 Å². The van der Waals surface area contributed by atoms with Gasteiger partial charge < -0.3 is 10.4 Å². The number of benzene rings is 1. The van der Waals surface area contributed by atoms with Crippen molar-refractivity contribution in [3.63, 3.8) is 0 Å². The summed E-state index contributed by atoms with van der Waals surface area (Å²) in [7, 11) is 0. The second kappa shape index (κ2) is 5.42. The Morgan fingerprint density at radius 1 is 1.35 bits per heavy atom. The summed E-state index contributed by atoms with van der Waals surface area (Å²) in [5.74, 6) is 0.685. The first-order chi connectivity index (χ1) is 9.41. The lowest BCUT2D eigenvalue weighted by atomic mass is 10.0. The predicted octanol–water partition coefficient (Wildman–Crippen LogP) is 2.72. The molecular formula is C14H17N3O3. The van der Waals surface area contributed by atoms with Crippen molar-refractivity contribution in [2.75, 3.05) is 11.9 Å². The van der Waals surface area contributed by atoms with Crippen LogP contribution in [-0.4, -0.2) is 27.2 Å². The molecule has 20 heavy (non-hydrogen) atoms. The Balaban J connectivity index is 2.30. The van der Waals surface area contributed by atoms with Crippen LogP contribution in [0.1, 0.15) is 20.3 Å². The molecular weight excluding hydrogens is 258 g/mol. The minimum Gasteiger partial charge on any atom is -0.396 e. The molecule has 0 atom stereocenters. The minimum atomic E-state index is -0.421. The highest BCUT2D eigenvalue weighted by Gasteiger charge is 2.17. The van der Waals surface area contributed by atoms with Gasteiger partial charge in [-0.2, -0.15) is 0 Å². The largest absolute Gasteiger partial charge is 0.396 e. The number of nitro benzene ring substituents is 1. The quantitative estimate of drug-likeness (QED) is 0.647. The Morgan fingerprint density at radius 2 is 2.10 bits per heavy atom. The van der Waals surface area contributed by atoms with Gasteiger partial charge in [-0.05, 0) is 38.5 Å². The third-order valence-electron chi connectivity index (χ3n) is 3.09. The monoisotopic (exact) mass is 275 g/mol. The summed E-state index contributed by atoms with van der Waals surface area (Å²) in [6.07, 6.45) is 0.604. The molecule has 0 saturated heterocycles. The molecule has 6 heteroatoms. The van der Waals surface area contributed by atoms with E-state index >= 15 is 0 Å². The van der Waals surface area contributed by atoms with E-state index in [1.165, 1.54) is 12.1 Å². The molecule has 2 aromatic rings. The van der Waals surface area contributed by atoms with E-state index in [0.29, 0.717) is 17.8 Å². The Bertz CT molecular complexity index is 641. The number of aliphatic hydroxyl groups is 1. The second-order valence-electron chi connectivity index (χ2n) is 5.31. The van der Waals surface area contributed by atoms with Crippen molar-refractivity contribution in [2.45, 2.75) is 25.8 Å². The average molecular weight is 275 g/mol. The van der Waals surface area contributed by atoms with E-state index in [4.69, 9.17) is 5.11 Å². The van der Waals surface area contributed by atoms with Crippen molar-refractivity contribution in [2.24, 2.45) is 0 Å². The SMILES string of the molecule is CC(C)(CCO)Nc1ccc2cc([N+](=O)[O-])ccc2n1. The molecule has 0 radical (unpaired) electrons. The van der Waals surface area contributed by atoms with Crippen molar-refractivity contribution >= 4 is 22.4 Å². The maximum absolute atomic E-state index is 10.7. The summed E-state index contributed by atoms with van der Waals surface area (Å²) in [4.78, 5) is 14.7. The van der Waals surface area contributed by atoms with Crippen molar-refractivity contribution in [3.8, 4) is 0 Å². The highest BCUT2D eigenvalue weighted by atomic mass is 16.6. The van der Waals surface area contributed by atoms with Gasteiger partial charge in [0.15, 0.2) is 0 Å². The Hall–Kier alpha value is -2.21. The summed E-state index contributed by atoms with van der Waals surface area (Å²) in [5, 5.41) is 23.7. The second-order valence-corrected chi connectivity index (χ2v) is 5.31. The van der Waals surface area contributed by atoms with Gasteiger partial charge in [-0.25, -0.2) is 4.98 Å². The third-order valence-corrected chi connectivity index (χ3v) is 3.09. The zero-order valence-electron chi connectivity index (χ0n) is 11.5. The van der Waals surface area contributed by atoms with Crippen LogP contribution in [-0.2, 0) is 0 Å². The first-order valence-corrected chi connectivity index (χ1v) is 6.35. The molecule has 2 N–H and O–H groups in total. The van der Waals surface area contributed by atoms with E-state index in [-0.39, 0.29) is 17.8 Å². The van der Waals surface area contributed by atoms with Crippen LogP contribution in [0.15, 0.2) is 30.3 Å². The maximum Gasteiger partial charge on any atom is 0.270 e. The van der Waals surface area contributed by atoms with E-state index < -0.39 is 4.92 Å². The lowest BCUT2D eigenvalue weighted by molar-refractivity contribution is -0.384. The van der Waals surface area contributed by atoms with Crippen molar-refractivity contribution < 1.29 is 10.0 Å². The molecule has 0 amide bonds. The number of pyridine rings is 1. The lowest BCUT2D eigenvalue weighted by Gasteiger charge is -2.26. The number of aliphatic hydroxyl groups excluding tert-OH is 1. The lowest BCUT2D eigenvalue weighted by Crippen LogP contribution is -2.32. The van der Waals surface area contributed by atoms with Gasteiger partial charge in [-0.1, -0.05) is 0 Å². The molecule has 0 unspecified atom stereocenters. The molecule has 2 rings (SSSR count). The molecule has 0 aliphatic rings. The van der Waals surface area contributed by atoms with Gasteiger partial charge in [0.2, 0.25) is 0 Å². The number of fused-ring (bicyclic) bond motifs is 1. The fraction of sp³-hybridized carbons (Fsp3) is 0.357. The van der Waals surface area contributed by atoms with Crippen LogP contribution in [0.4, 0.5) is 11.5 Å². The summed E-state index contributed by atoms with van der Waals surface area (Å²) >= 11 is 0. The maximum atomic E-state index is 10.7. The molecule has 1 aromatic carbocycles. The highest BCUT2D eigenvalue weighted by Crippen LogP contribution is 2.23. The van der Waals surface area contributed by atoms with Crippen molar-refractivity contribution in [3.05, 3.63) is 40.4 Å². The molecule has 6 nitrogen and oxygen atoms in total. The molecule has 0 bridgehead atoms. The van der Waals surface area contributed by atoms with Gasteiger partial charge in [-0.3, -0.25) is 10.1 Å². The normalized spacial score (nSPS) is 11.6. The third kappa shape index (κ3) is 3.21. The molecule has 0 aliphatic carbocycles. The fourth-order valence-corrected chi connectivity index (χ4v) is 1.98. The minimum absolute atomic E-state index is 0.0561. The number of nitrogens with zero attached hydrogens (tertiary/aromatic N) is 2. The Morgan fingerprint density at radius 3 is 2.75 bits per heavy atom. The smallest absolute Gasteiger partial charge is 0.270 e. The number of aromatic nitrogens is 1. The summed E-state index contributed by atoms with van der Waals surface area (Å²) in [5.41, 5.74) is 0.483. The molecule has 0 saturated carbocycles. The van der Waals surface area contributed by atoms with E-state index in [1.54, 1.807) is 18.2 Å². The summed E-state index contributed by atoms with van der Waals surface area (Å²) in [6.45, 7) is 4.05. The van der Waals surface area contributed by atoms with Gasteiger partial charge in [0.25, 0.3) is 5.69 Å². The fourth-order valence-electron chi connectivity index (χ4n) is 1.98. The number of non-ortho nitro benzene ring substituents is 1. The van der Waals surface area contributed by atoms with Crippen LogP contribution in [0, 0.1) is 10.1 Å². The first-order valence-electron chi connectivity index (χ1n) is 6.35. The Labute approximate surface area is 116 Å². The molecule has 0 spiro atoms. The van der Waals surface area contributed by atoms with Crippen LogP contribution in [0.2, 0.25) is 0 Å². The van der Waals surface area contributed by atoms with Crippen molar-refractivity contribution in [1.29, 1.82) is 0 Å². The van der Waals surface area contributed by atoms with Gasteiger partial charge in [0.05, 0.1) is 10.4 Å². The predicted molar refractivity (Wildman–Crippen MR) is 77.8 cm³/mol. The van der Waals surface area contributed by atoms with Crippen LogP contribution < -0.4 is 5.32 Å². The summed E-state index contributed by atoms with van der Waals surface area (Å²) in [6, 6.07) is 8.17. The highest BCUT2D eigenvalue weighted by molar-refractivity contribution is 5.82. The number of hydrogen-bond donors (Lipinski definition) is 2. The van der Waals surface area contributed by atoms with Crippen molar-refractivity contribution in [1.82, 2.24) is 4.98 Å². The van der Waals surface area contributed by atoms with E-state index in [2.05, 4.69) is 10.3 Å². The summed E-state index contributed by atoms with van der Waals surface area (Å²) < 4.78 is 0. The van der Waals surface area contributed by atoms with Gasteiger partial charge in [0, 0.05) is 29.7 Å². The van der Waals surface area contributed by atoms with Gasteiger partial charge >= 0.3 is 0 Å². The number of hydrogen-bond acceptors (Lipinski definition) is 5. The molecule has 106 valence electrons. The van der Waals surface area contributed by atoms with Gasteiger partial charge in [0.1, 0.15) is 5.82 Å². The first kappa shape index (κ1) is 14.2. The van der Waals surface area contributed by atoms with Crippen LogP contribution in [0.3, 0.4) is 0 Å². The standard InChI is InChI=1S/C14H17N3O3/c1-14(2,7-8-18)16-13-6-3-10-9-11(17(19)20)4-5-12(10)15-13/h3-6,9,18H,7-8H2,1-2H3,(H,15,16). The zero-order valence-corrected chi connectivity index (χ0v) is 11.5. The van der Waals surface area contributed by atoms with E-state index in [9.17, 15) is 10.1 Å².